The average Bonchev–Trinajstić information content (AvgIpc) is 2.25. The van der Waals surface area contributed by atoms with Gasteiger partial charge in [0.25, 0.3) is 5.56 Å². The van der Waals surface area contributed by atoms with Crippen LogP contribution in [0.15, 0.2) is 29.1 Å². The zero-order valence-corrected chi connectivity index (χ0v) is 7.93. The number of ether oxygens (including phenoxy) is 1. The van der Waals surface area contributed by atoms with E-state index in [4.69, 9.17) is 5.11 Å². The fourth-order valence-corrected chi connectivity index (χ4v) is 1.40. The van der Waals surface area contributed by atoms with Crippen molar-refractivity contribution in [2.45, 2.75) is 0 Å². The molecule has 6 nitrogen and oxygen atoms in total. The summed E-state index contributed by atoms with van der Waals surface area (Å²) >= 11 is 0. The zero-order valence-electron chi connectivity index (χ0n) is 7.93. The summed E-state index contributed by atoms with van der Waals surface area (Å²) in [5, 5.41) is 18.6. The maximum atomic E-state index is 11.5. The topological polar surface area (TPSA) is 99.6 Å². The van der Waals surface area contributed by atoms with Gasteiger partial charge in [-0.05, 0) is 6.07 Å². The van der Waals surface area contributed by atoms with Crippen LogP contribution in [0, 0.1) is 0 Å². The van der Waals surface area contributed by atoms with Crippen molar-refractivity contribution in [1.82, 2.24) is 4.98 Å². The number of benzene rings is 1. The maximum absolute atomic E-state index is 11.5. The molecule has 0 amide bonds. The lowest BCUT2D eigenvalue weighted by molar-refractivity contribution is 0.141. The number of nitrogens with one attached hydrogen (secondary N) is 1. The van der Waals surface area contributed by atoms with Gasteiger partial charge in [0.05, 0.1) is 5.39 Å². The van der Waals surface area contributed by atoms with Crippen molar-refractivity contribution in [2.75, 3.05) is 0 Å². The van der Waals surface area contributed by atoms with Crippen LogP contribution in [-0.4, -0.2) is 21.4 Å². The Morgan fingerprint density at radius 1 is 1.25 bits per heavy atom. The summed E-state index contributed by atoms with van der Waals surface area (Å²) in [6.07, 6.45) is -1.61. The van der Waals surface area contributed by atoms with E-state index in [0.29, 0.717) is 0 Å². The summed E-state index contributed by atoms with van der Waals surface area (Å²) in [6, 6.07) is 6.26. The fourth-order valence-electron chi connectivity index (χ4n) is 1.40. The maximum Gasteiger partial charge on any atom is 0.512 e. The van der Waals surface area contributed by atoms with Gasteiger partial charge in [0.2, 0.25) is 5.88 Å². The summed E-state index contributed by atoms with van der Waals surface area (Å²) < 4.78 is 4.25. The predicted octanol–water partition coefficient (Wildman–Crippen LogP) is 1.29. The molecule has 0 aliphatic rings. The Labute approximate surface area is 88.7 Å². The highest BCUT2D eigenvalue weighted by Gasteiger charge is 2.13. The number of rotatable bonds is 1. The largest absolute Gasteiger partial charge is 0.512 e. The van der Waals surface area contributed by atoms with E-state index in [1.807, 2.05) is 0 Å². The first-order valence-corrected chi connectivity index (χ1v) is 4.34. The molecule has 0 fully saturated rings. The molecule has 0 bridgehead atoms. The van der Waals surface area contributed by atoms with Crippen LogP contribution in [0.3, 0.4) is 0 Å². The number of fused-ring (bicyclic) bond motifs is 1. The Balaban J connectivity index is 2.75. The van der Waals surface area contributed by atoms with Gasteiger partial charge in [-0.15, -0.1) is 0 Å². The van der Waals surface area contributed by atoms with E-state index in [0.717, 1.165) is 0 Å². The lowest BCUT2D eigenvalue weighted by atomic mass is 10.1. The van der Waals surface area contributed by atoms with Crippen molar-refractivity contribution in [3.63, 3.8) is 0 Å². The Hall–Kier alpha value is -2.50. The van der Waals surface area contributed by atoms with Crippen molar-refractivity contribution in [2.24, 2.45) is 0 Å². The van der Waals surface area contributed by atoms with Crippen molar-refractivity contribution in [3.8, 4) is 11.6 Å². The van der Waals surface area contributed by atoms with E-state index in [2.05, 4.69) is 9.72 Å². The monoisotopic (exact) mass is 221 g/mol. The number of pyridine rings is 1. The molecule has 0 unspecified atom stereocenters. The van der Waals surface area contributed by atoms with Gasteiger partial charge in [0, 0.05) is 5.39 Å². The first kappa shape index (κ1) is 10.0. The van der Waals surface area contributed by atoms with Gasteiger partial charge in [0.1, 0.15) is 0 Å². The Bertz CT molecular complexity index is 616. The van der Waals surface area contributed by atoms with Crippen LogP contribution >= 0.6 is 0 Å². The van der Waals surface area contributed by atoms with Crippen molar-refractivity contribution >= 4 is 16.9 Å². The molecule has 3 N–H and O–H groups in total. The molecular weight excluding hydrogens is 214 g/mol. The highest BCUT2D eigenvalue weighted by Crippen LogP contribution is 2.29. The number of carbonyl (C=O) groups is 1. The number of hydrogen-bond acceptors (Lipinski definition) is 4. The molecule has 0 aliphatic carbocycles. The number of carboxylic acid groups (broad SMARTS) is 1. The number of aromatic hydroxyl groups is 1. The predicted molar refractivity (Wildman–Crippen MR) is 54.9 cm³/mol. The van der Waals surface area contributed by atoms with Crippen LogP contribution in [0.2, 0.25) is 0 Å². The average molecular weight is 221 g/mol. The number of aromatic amines is 1. The lowest BCUT2D eigenvalue weighted by Gasteiger charge is -2.05. The highest BCUT2D eigenvalue weighted by atomic mass is 16.7. The molecule has 2 rings (SSSR count). The van der Waals surface area contributed by atoms with Crippen LogP contribution in [-0.2, 0) is 0 Å². The number of aromatic nitrogens is 1. The SMILES string of the molecule is O=C(O)Oc1[nH]c(=O)c2ccccc2c1O. The first-order chi connectivity index (χ1) is 7.59. The highest BCUT2D eigenvalue weighted by molar-refractivity contribution is 5.89. The summed E-state index contributed by atoms with van der Waals surface area (Å²) in [5.74, 6) is -0.881. The molecule has 0 atom stereocenters. The Morgan fingerprint density at radius 3 is 2.50 bits per heavy atom. The second-order valence-corrected chi connectivity index (χ2v) is 3.05. The molecule has 16 heavy (non-hydrogen) atoms. The molecule has 0 radical (unpaired) electrons. The van der Waals surface area contributed by atoms with Gasteiger partial charge in [-0.25, -0.2) is 4.79 Å². The lowest BCUT2D eigenvalue weighted by Crippen LogP contribution is -2.12. The van der Waals surface area contributed by atoms with Gasteiger partial charge < -0.3 is 14.9 Å². The molecule has 1 aromatic carbocycles. The van der Waals surface area contributed by atoms with Crippen molar-refractivity contribution in [3.05, 3.63) is 34.6 Å². The third-order valence-corrected chi connectivity index (χ3v) is 2.06. The van der Waals surface area contributed by atoms with Gasteiger partial charge in [-0.1, -0.05) is 18.2 Å². The molecule has 1 aromatic heterocycles. The minimum atomic E-state index is -1.61. The first-order valence-electron chi connectivity index (χ1n) is 4.34. The fraction of sp³-hybridized carbons (Fsp3) is 0. The smallest absolute Gasteiger partial charge is 0.503 e. The molecular formula is C10H7NO5. The minimum Gasteiger partial charge on any atom is -0.503 e. The van der Waals surface area contributed by atoms with Crippen molar-refractivity contribution < 1.29 is 19.7 Å². The zero-order chi connectivity index (χ0) is 11.7. The second-order valence-electron chi connectivity index (χ2n) is 3.05. The van der Waals surface area contributed by atoms with Gasteiger partial charge >= 0.3 is 6.16 Å². The molecule has 1 heterocycles. The molecule has 2 aromatic rings. The molecule has 82 valence electrons. The van der Waals surface area contributed by atoms with Crippen molar-refractivity contribution in [1.29, 1.82) is 0 Å². The number of H-pyrrole nitrogens is 1. The molecule has 0 saturated heterocycles. The molecule has 6 heteroatoms. The molecule has 0 aliphatic heterocycles. The quantitative estimate of drug-likeness (QED) is 0.630. The van der Waals surface area contributed by atoms with E-state index in [9.17, 15) is 14.7 Å². The third kappa shape index (κ3) is 1.56. The normalized spacial score (nSPS) is 10.2. The summed E-state index contributed by atoms with van der Waals surface area (Å²) in [5.41, 5.74) is -0.523. The van der Waals surface area contributed by atoms with E-state index in [-0.39, 0.29) is 10.8 Å². The number of hydrogen-bond donors (Lipinski definition) is 3. The minimum absolute atomic E-state index is 0.238. The Kier molecular flexibility index (Phi) is 2.24. The van der Waals surface area contributed by atoms with Crippen LogP contribution in [0.5, 0.6) is 11.6 Å². The third-order valence-electron chi connectivity index (χ3n) is 2.06. The summed E-state index contributed by atoms with van der Waals surface area (Å²) in [7, 11) is 0. The second kappa shape index (κ2) is 3.58. The van der Waals surface area contributed by atoms with E-state index in [1.165, 1.54) is 12.1 Å². The van der Waals surface area contributed by atoms with Crippen LogP contribution in [0.1, 0.15) is 0 Å². The van der Waals surface area contributed by atoms with E-state index in [1.54, 1.807) is 12.1 Å². The van der Waals surface area contributed by atoms with Crippen LogP contribution in [0.4, 0.5) is 4.79 Å². The molecule has 0 saturated carbocycles. The standard InChI is InChI=1S/C10H7NO5/c12-7-5-3-1-2-4-6(5)8(13)11-9(7)16-10(14)15/h1-4,12H,(H,11,13)(H,14,15). The van der Waals surface area contributed by atoms with Gasteiger partial charge in [-0.3, -0.25) is 9.78 Å². The molecule has 0 spiro atoms. The summed E-state index contributed by atoms with van der Waals surface area (Å²) in [6.45, 7) is 0. The van der Waals surface area contributed by atoms with Gasteiger partial charge in [0.15, 0.2) is 5.75 Å². The van der Waals surface area contributed by atoms with E-state index >= 15 is 0 Å². The van der Waals surface area contributed by atoms with Crippen LogP contribution < -0.4 is 10.3 Å². The van der Waals surface area contributed by atoms with E-state index < -0.39 is 23.3 Å². The Morgan fingerprint density at radius 2 is 1.88 bits per heavy atom. The van der Waals surface area contributed by atoms with Gasteiger partial charge in [-0.2, -0.15) is 0 Å². The summed E-state index contributed by atoms with van der Waals surface area (Å²) in [4.78, 5) is 23.9. The van der Waals surface area contributed by atoms with Crippen LogP contribution in [0.25, 0.3) is 10.8 Å².